The van der Waals surface area contributed by atoms with Crippen LogP contribution in [-0.4, -0.2) is 15.0 Å². The van der Waals surface area contributed by atoms with Crippen molar-refractivity contribution in [2.45, 2.75) is 5.41 Å². The first kappa shape index (κ1) is 38.8. The zero-order valence-corrected chi connectivity index (χ0v) is 37.8. The van der Waals surface area contributed by atoms with Crippen molar-refractivity contribution < 1.29 is 4.42 Å². The molecule has 0 aliphatic heterocycles. The number of nitrogens with zero attached hydrogens (tertiary/aromatic N) is 3. The van der Waals surface area contributed by atoms with Gasteiger partial charge < -0.3 is 4.42 Å². The summed E-state index contributed by atoms with van der Waals surface area (Å²) in [6, 6.07) is 85.3. The second-order valence-electron chi connectivity index (χ2n) is 18.6. The Balaban J connectivity index is 0.890. The molecule has 0 saturated carbocycles. The molecule has 1 spiro atoms. The van der Waals surface area contributed by atoms with E-state index in [2.05, 4.69) is 164 Å². The fourth-order valence-electron chi connectivity index (χ4n) is 12.0. The van der Waals surface area contributed by atoms with E-state index in [1.165, 1.54) is 77.2 Å². The van der Waals surface area contributed by atoms with E-state index >= 15 is 0 Å². The van der Waals surface area contributed by atoms with Crippen LogP contribution in [0.3, 0.4) is 0 Å². The van der Waals surface area contributed by atoms with E-state index in [0.29, 0.717) is 17.5 Å². The standard InChI is InChI=1S/C66H39N3O/c1-3-17-40(18-4-1)63-67-64(41-19-5-2-6-20-41)69-65(68-63)51-27-16-32-60-62(51)54-38-43(35-36-59(54)70-60)42-33-34-44-39-53(46-22-8-7-21-45(46)52(44)37-42)49-26-15-31-58-61(49)50-25-11-14-30-57(50)66(58)55-28-12-9-23-47(55)48-24-10-13-29-56(48)66/h1-39H. The number of benzene rings is 11. The Morgan fingerprint density at radius 3 is 1.50 bits per heavy atom. The van der Waals surface area contributed by atoms with Crippen LogP contribution in [0, 0.1) is 0 Å². The van der Waals surface area contributed by atoms with Gasteiger partial charge in [0.2, 0.25) is 0 Å². The third kappa shape index (κ3) is 5.50. The van der Waals surface area contributed by atoms with Crippen LogP contribution in [0.5, 0.6) is 0 Å². The Kier molecular flexibility index (Phi) is 8.25. The molecular weight excluding hydrogens is 851 g/mol. The summed E-state index contributed by atoms with van der Waals surface area (Å²) < 4.78 is 6.57. The van der Waals surface area contributed by atoms with Crippen LogP contribution < -0.4 is 0 Å². The Morgan fingerprint density at radius 2 is 0.800 bits per heavy atom. The van der Waals surface area contributed by atoms with Gasteiger partial charge in [0.1, 0.15) is 11.2 Å². The summed E-state index contributed by atoms with van der Waals surface area (Å²) in [5.74, 6) is 1.84. The monoisotopic (exact) mass is 889 g/mol. The second-order valence-corrected chi connectivity index (χ2v) is 18.6. The first-order chi connectivity index (χ1) is 34.7. The fraction of sp³-hybridized carbons (Fsp3) is 0.0152. The largest absolute Gasteiger partial charge is 0.456 e. The quantitative estimate of drug-likeness (QED) is 0.162. The van der Waals surface area contributed by atoms with E-state index in [1.54, 1.807) is 0 Å². The van der Waals surface area contributed by atoms with Crippen molar-refractivity contribution >= 4 is 43.5 Å². The molecule has 2 aromatic heterocycles. The van der Waals surface area contributed by atoms with Gasteiger partial charge in [0.15, 0.2) is 17.5 Å². The molecule has 2 aliphatic rings. The average molecular weight is 890 g/mol. The molecule has 15 rings (SSSR count). The van der Waals surface area contributed by atoms with Gasteiger partial charge in [0.05, 0.1) is 5.41 Å². The lowest BCUT2D eigenvalue weighted by molar-refractivity contribution is 0.669. The number of hydrogen-bond acceptors (Lipinski definition) is 4. The molecule has 11 aromatic carbocycles. The van der Waals surface area contributed by atoms with Crippen molar-refractivity contribution in [1.29, 1.82) is 0 Å². The molecule has 2 heterocycles. The SMILES string of the molecule is c1ccc(-c2nc(-c3ccccc3)nc(-c3cccc4oc5ccc(-c6ccc7cc(-c8cccc9c8-c8ccccc8C98c9ccccc9-c9ccccc98)c8ccccc8c7c6)cc5c34)n2)cc1. The lowest BCUT2D eigenvalue weighted by Crippen LogP contribution is -2.25. The van der Waals surface area contributed by atoms with E-state index < -0.39 is 5.41 Å². The van der Waals surface area contributed by atoms with Crippen molar-refractivity contribution in [1.82, 2.24) is 15.0 Å². The predicted octanol–water partition coefficient (Wildman–Crippen LogP) is 16.8. The van der Waals surface area contributed by atoms with Gasteiger partial charge >= 0.3 is 0 Å². The van der Waals surface area contributed by atoms with Gasteiger partial charge in [-0.15, -0.1) is 0 Å². The van der Waals surface area contributed by atoms with Crippen LogP contribution in [-0.2, 0) is 5.41 Å². The van der Waals surface area contributed by atoms with E-state index in [-0.39, 0.29) is 0 Å². The molecule has 2 aliphatic carbocycles. The van der Waals surface area contributed by atoms with Crippen molar-refractivity contribution in [2.24, 2.45) is 0 Å². The normalized spacial score (nSPS) is 13.0. The summed E-state index contributed by atoms with van der Waals surface area (Å²) in [6.45, 7) is 0. The third-order valence-electron chi connectivity index (χ3n) is 14.9. The molecular formula is C66H39N3O. The molecule has 324 valence electrons. The maximum Gasteiger partial charge on any atom is 0.164 e. The minimum Gasteiger partial charge on any atom is -0.456 e. The highest BCUT2D eigenvalue weighted by molar-refractivity contribution is 6.17. The first-order valence-electron chi connectivity index (χ1n) is 23.9. The highest BCUT2D eigenvalue weighted by atomic mass is 16.3. The van der Waals surface area contributed by atoms with Crippen LogP contribution in [0.1, 0.15) is 22.3 Å². The van der Waals surface area contributed by atoms with Crippen LogP contribution in [0.2, 0.25) is 0 Å². The van der Waals surface area contributed by atoms with E-state index in [0.717, 1.165) is 49.8 Å². The number of furan rings is 1. The van der Waals surface area contributed by atoms with Crippen molar-refractivity contribution in [3.05, 3.63) is 259 Å². The first-order valence-corrected chi connectivity index (χ1v) is 23.9. The molecule has 0 radical (unpaired) electrons. The van der Waals surface area contributed by atoms with Crippen molar-refractivity contribution in [3.63, 3.8) is 0 Å². The topological polar surface area (TPSA) is 51.8 Å². The average Bonchev–Trinajstić information content (AvgIpc) is 4.07. The van der Waals surface area contributed by atoms with Gasteiger partial charge in [-0.25, -0.2) is 15.0 Å². The molecule has 0 amide bonds. The van der Waals surface area contributed by atoms with Gasteiger partial charge in [-0.2, -0.15) is 0 Å². The minimum absolute atomic E-state index is 0.402. The summed E-state index contributed by atoms with van der Waals surface area (Å²) in [7, 11) is 0. The summed E-state index contributed by atoms with van der Waals surface area (Å²) in [4.78, 5) is 15.2. The Hall–Kier alpha value is -9.25. The molecule has 13 aromatic rings. The van der Waals surface area contributed by atoms with E-state index in [4.69, 9.17) is 19.4 Å². The molecule has 0 saturated heterocycles. The molecule has 4 heteroatoms. The molecule has 0 bridgehead atoms. The van der Waals surface area contributed by atoms with Crippen LogP contribution in [0.15, 0.2) is 241 Å². The second kappa shape index (κ2) is 14.9. The number of aromatic nitrogens is 3. The highest BCUT2D eigenvalue weighted by Crippen LogP contribution is 2.64. The molecule has 0 atom stereocenters. The van der Waals surface area contributed by atoms with Crippen molar-refractivity contribution in [2.75, 3.05) is 0 Å². The highest BCUT2D eigenvalue weighted by Gasteiger charge is 2.52. The van der Waals surface area contributed by atoms with Crippen molar-refractivity contribution in [3.8, 4) is 78.7 Å². The van der Waals surface area contributed by atoms with Crippen LogP contribution in [0.4, 0.5) is 0 Å². The van der Waals surface area contributed by atoms with Crippen LogP contribution in [0.25, 0.3) is 122 Å². The van der Waals surface area contributed by atoms with Gasteiger partial charge in [-0.05, 0) is 119 Å². The lowest BCUT2D eigenvalue weighted by Gasteiger charge is -2.30. The third-order valence-corrected chi connectivity index (χ3v) is 14.9. The summed E-state index contributed by atoms with van der Waals surface area (Å²) in [5, 5.41) is 6.85. The molecule has 0 unspecified atom stereocenters. The molecule has 4 nitrogen and oxygen atoms in total. The lowest BCUT2D eigenvalue weighted by atomic mass is 9.70. The Labute approximate surface area is 403 Å². The zero-order valence-electron chi connectivity index (χ0n) is 37.8. The fourth-order valence-corrected chi connectivity index (χ4v) is 12.0. The van der Waals surface area contributed by atoms with E-state index in [9.17, 15) is 0 Å². The smallest absolute Gasteiger partial charge is 0.164 e. The summed E-state index contributed by atoms with van der Waals surface area (Å²) in [5.41, 5.74) is 19.3. The summed E-state index contributed by atoms with van der Waals surface area (Å²) >= 11 is 0. The van der Waals surface area contributed by atoms with Gasteiger partial charge in [0.25, 0.3) is 0 Å². The molecule has 0 fully saturated rings. The van der Waals surface area contributed by atoms with Gasteiger partial charge in [0, 0.05) is 27.5 Å². The zero-order chi connectivity index (χ0) is 45.9. The molecule has 0 N–H and O–H groups in total. The maximum atomic E-state index is 6.57. The minimum atomic E-state index is -0.402. The van der Waals surface area contributed by atoms with Gasteiger partial charge in [-0.3, -0.25) is 0 Å². The maximum absolute atomic E-state index is 6.57. The Bertz CT molecular complexity index is 4200. The predicted molar refractivity (Wildman–Crippen MR) is 286 cm³/mol. The van der Waals surface area contributed by atoms with Gasteiger partial charge in [-0.1, -0.05) is 206 Å². The molecule has 70 heavy (non-hydrogen) atoms. The summed E-state index contributed by atoms with van der Waals surface area (Å²) in [6.07, 6.45) is 0. The number of hydrogen-bond donors (Lipinski definition) is 0. The van der Waals surface area contributed by atoms with E-state index in [1.807, 2.05) is 72.8 Å². The number of fused-ring (bicyclic) bond motifs is 16. The Morgan fingerprint density at radius 1 is 0.286 bits per heavy atom. The number of rotatable bonds is 5. The van der Waals surface area contributed by atoms with Crippen LogP contribution >= 0.6 is 0 Å².